The average Bonchev–Trinajstić information content (AvgIpc) is 3.10. The van der Waals surface area contributed by atoms with Gasteiger partial charge in [0.05, 0.1) is 11.0 Å². The van der Waals surface area contributed by atoms with E-state index in [4.69, 9.17) is 5.73 Å². The molecular weight excluding hydrogens is 210 g/mol. The van der Waals surface area contributed by atoms with E-state index >= 15 is 0 Å². The number of fused-ring (bicyclic) bond motifs is 1. The second kappa shape index (κ2) is 4.49. The Hall–Kier alpha value is -1.35. The van der Waals surface area contributed by atoms with E-state index in [1.54, 1.807) is 0 Å². The quantitative estimate of drug-likeness (QED) is 0.855. The number of imidazole rings is 1. The van der Waals surface area contributed by atoms with Crippen molar-refractivity contribution < 1.29 is 0 Å². The molecule has 0 amide bonds. The first-order chi connectivity index (χ1) is 8.38. The Morgan fingerprint density at radius 3 is 2.88 bits per heavy atom. The van der Waals surface area contributed by atoms with Gasteiger partial charge in [-0.1, -0.05) is 25.0 Å². The fourth-order valence-corrected chi connectivity index (χ4v) is 2.41. The molecule has 1 aromatic carbocycles. The van der Waals surface area contributed by atoms with Crippen LogP contribution in [0.15, 0.2) is 24.3 Å². The van der Waals surface area contributed by atoms with Crippen LogP contribution in [0.4, 0.5) is 0 Å². The summed E-state index contributed by atoms with van der Waals surface area (Å²) in [5, 5.41) is 0. The minimum Gasteiger partial charge on any atom is -0.330 e. The van der Waals surface area contributed by atoms with Gasteiger partial charge in [-0.2, -0.15) is 0 Å². The zero-order valence-electron chi connectivity index (χ0n) is 10.1. The fourth-order valence-electron chi connectivity index (χ4n) is 2.41. The summed E-state index contributed by atoms with van der Waals surface area (Å²) >= 11 is 0. The van der Waals surface area contributed by atoms with Crippen LogP contribution in [0.1, 0.15) is 25.1 Å². The summed E-state index contributed by atoms with van der Waals surface area (Å²) in [7, 11) is 0. The van der Waals surface area contributed by atoms with Crippen LogP contribution in [0.25, 0.3) is 11.0 Å². The van der Waals surface area contributed by atoms with Crippen LogP contribution in [0.2, 0.25) is 0 Å². The number of benzene rings is 1. The minimum atomic E-state index is 0.673. The molecule has 0 unspecified atom stereocenters. The highest BCUT2D eigenvalue weighted by Crippen LogP contribution is 2.33. The zero-order chi connectivity index (χ0) is 11.7. The molecule has 2 N–H and O–H groups in total. The lowest BCUT2D eigenvalue weighted by molar-refractivity contribution is 0.585. The molecule has 0 spiro atoms. The number of nitrogens with two attached hydrogens (primary N) is 1. The first-order valence-electron chi connectivity index (χ1n) is 6.52. The number of aromatic nitrogens is 2. The highest BCUT2D eigenvalue weighted by atomic mass is 15.1. The second-order valence-electron chi connectivity index (χ2n) is 4.94. The third-order valence-electron chi connectivity index (χ3n) is 3.56. The SMILES string of the molecule is NCCc1nc2ccccc2n1CCC1CC1. The Labute approximate surface area is 102 Å². The molecule has 1 fully saturated rings. The van der Waals surface area contributed by atoms with Crippen LogP contribution in [0.3, 0.4) is 0 Å². The van der Waals surface area contributed by atoms with Gasteiger partial charge in [0.1, 0.15) is 5.82 Å². The summed E-state index contributed by atoms with van der Waals surface area (Å²) in [5.41, 5.74) is 8.03. The largest absolute Gasteiger partial charge is 0.330 e. The van der Waals surface area contributed by atoms with E-state index in [2.05, 4.69) is 27.8 Å². The van der Waals surface area contributed by atoms with Crippen molar-refractivity contribution in [3.05, 3.63) is 30.1 Å². The molecule has 1 aromatic heterocycles. The normalized spacial score (nSPS) is 15.6. The van der Waals surface area contributed by atoms with Crippen molar-refractivity contribution in [1.82, 2.24) is 9.55 Å². The van der Waals surface area contributed by atoms with Gasteiger partial charge in [-0.15, -0.1) is 0 Å². The van der Waals surface area contributed by atoms with Crippen LogP contribution in [0, 0.1) is 5.92 Å². The maximum atomic E-state index is 5.67. The molecule has 1 aliphatic rings. The molecule has 1 heterocycles. The minimum absolute atomic E-state index is 0.673. The molecule has 17 heavy (non-hydrogen) atoms. The first-order valence-corrected chi connectivity index (χ1v) is 6.52. The summed E-state index contributed by atoms with van der Waals surface area (Å²) in [4.78, 5) is 4.68. The number of nitrogens with zero attached hydrogens (tertiary/aromatic N) is 2. The summed E-state index contributed by atoms with van der Waals surface area (Å²) in [6.45, 7) is 1.77. The van der Waals surface area contributed by atoms with Gasteiger partial charge >= 0.3 is 0 Å². The van der Waals surface area contributed by atoms with E-state index in [-0.39, 0.29) is 0 Å². The van der Waals surface area contributed by atoms with Crippen LogP contribution in [-0.2, 0) is 13.0 Å². The van der Waals surface area contributed by atoms with Gasteiger partial charge < -0.3 is 10.3 Å². The predicted molar refractivity (Wildman–Crippen MR) is 69.8 cm³/mol. The summed E-state index contributed by atoms with van der Waals surface area (Å²) < 4.78 is 2.36. The highest BCUT2D eigenvalue weighted by Gasteiger charge is 2.21. The Morgan fingerprint density at radius 2 is 2.12 bits per heavy atom. The first kappa shape index (κ1) is 10.8. The van der Waals surface area contributed by atoms with E-state index in [1.165, 1.54) is 24.8 Å². The number of rotatable bonds is 5. The van der Waals surface area contributed by atoms with Gasteiger partial charge in [-0.25, -0.2) is 4.98 Å². The number of para-hydroxylation sites is 2. The second-order valence-corrected chi connectivity index (χ2v) is 4.94. The van der Waals surface area contributed by atoms with Gasteiger partial charge in [0.2, 0.25) is 0 Å². The molecule has 0 atom stereocenters. The molecule has 0 aliphatic heterocycles. The Bertz CT molecular complexity index is 511. The topological polar surface area (TPSA) is 43.8 Å². The van der Waals surface area contributed by atoms with Crippen molar-refractivity contribution in [2.75, 3.05) is 6.54 Å². The van der Waals surface area contributed by atoms with Crippen molar-refractivity contribution in [2.45, 2.75) is 32.2 Å². The molecule has 0 saturated heterocycles. The maximum Gasteiger partial charge on any atom is 0.111 e. The molecule has 1 aliphatic carbocycles. The smallest absolute Gasteiger partial charge is 0.111 e. The van der Waals surface area contributed by atoms with Gasteiger partial charge in [0.15, 0.2) is 0 Å². The molecule has 3 heteroatoms. The zero-order valence-corrected chi connectivity index (χ0v) is 10.1. The van der Waals surface area contributed by atoms with Gasteiger partial charge in [0.25, 0.3) is 0 Å². The maximum absolute atomic E-state index is 5.67. The molecule has 3 rings (SSSR count). The lowest BCUT2D eigenvalue weighted by Gasteiger charge is -2.07. The molecule has 1 saturated carbocycles. The van der Waals surface area contributed by atoms with Gasteiger partial charge in [-0.05, 0) is 31.0 Å². The lowest BCUT2D eigenvalue weighted by Crippen LogP contribution is -2.10. The Balaban J connectivity index is 1.94. The number of hydrogen-bond acceptors (Lipinski definition) is 2. The summed E-state index contributed by atoms with van der Waals surface area (Å²) in [6.07, 6.45) is 5.00. The number of aryl methyl sites for hydroxylation is 1. The van der Waals surface area contributed by atoms with Crippen molar-refractivity contribution in [2.24, 2.45) is 11.7 Å². The van der Waals surface area contributed by atoms with Crippen molar-refractivity contribution in [1.29, 1.82) is 0 Å². The van der Waals surface area contributed by atoms with Crippen LogP contribution in [0.5, 0.6) is 0 Å². The lowest BCUT2D eigenvalue weighted by atomic mass is 10.2. The third-order valence-corrected chi connectivity index (χ3v) is 3.56. The van der Waals surface area contributed by atoms with Crippen LogP contribution in [-0.4, -0.2) is 16.1 Å². The van der Waals surface area contributed by atoms with Crippen molar-refractivity contribution >= 4 is 11.0 Å². The molecule has 0 radical (unpaired) electrons. The summed E-state index contributed by atoms with van der Waals surface area (Å²) in [5.74, 6) is 2.11. The van der Waals surface area contributed by atoms with Gasteiger partial charge in [0, 0.05) is 13.0 Å². The van der Waals surface area contributed by atoms with Gasteiger partial charge in [-0.3, -0.25) is 0 Å². The van der Waals surface area contributed by atoms with E-state index in [9.17, 15) is 0 Å². The van der Waals surface area contributed by atoms with Crippen LogP contribution < -0.4 is 5.73 Å². The van der Waals surface area contributed by atoms with E-state index in [1.807, 2.05) is 6.07 Å². The van der Waals surface area contributed by atoms with Crippen LogP contribution >= 0.6 is 0 Å². The molecular formula is C14H19N3. The predicted octanol–water partition coefficient (Wildman–Crippen LogP) is 2.34. The van der Waals surface area contributed by atoms with Crippen molar-refractivity contribution in [3.63, 3.8) is 0 Å². The fraction of sp³-hybridized carbons (Fsp3) is 0.500. The Kier molecular flexibility index (Phi) is 2.85. The third kappa shape index (κ3) is 2.20. The summed E-state index contributed by atoms with van der Waals surface area (Å²) in [6, 6.07) is 8.38. The number of hydrogen-bond donors (Lipinski definition) is 1. The standard InChI is InChI=1S/C14H19N3/c15-9-7-14-16-12-3-1-2-4-13(12)17(14)10-8-11-5-6-11/h1-4,11H,5-10,15H2. The molecule has 3 nitrogen and oxygen atoms in total. The van der Waals surface area contributed by atoms with E-state index in [0.29, 0.717) is 6.54 Å². The van der Waals surface area contributed by atoms with Crippen molar-refractivity contribution in [3.8, 4) is 0 Å². The Morgan fingerprint density at radius 1 is 1.29 bits per heavy atom. The average molecular weight is 229 g/mol. The highest BCUT2D eigenvalue weighted by molar-refractivity contribution is 5.75. The molecule has 2 aromatic rings. The van der Waals surface area contributed by atoms with E-state index in [0.717, 1.165) is 30.2 Å². The molecule has 90 valence electrons. The molecule has 0 bridgehead atoms. The van der Waals surface area contributed by atoms with E-state index < -0.39 is 0 Å². The monoisotopic (exact) mass is 229 g/mol.